The number of hydrogen-bond donors (Lipinski definition) is 0. The predicted molar refractivity (Wildman–Crippen MR) is 306 cm³/mol. The van der Waals surface area contributed by atoms with Crippen LogP contribution in [0.3, 0.4) is 0 Å². The third-order valence-electron chi connectivity index (χ3n) is 15.1. The van der Waals surface area contributed by atoms with Crippen LogP contribution < -0.4 is 51.3 Å². The Morgan fingerprint density at radius 2 is 0.500 bits per heavy atom. The maximum atomic E-state index is 5.84. The molecule has 10 aromatic carbocycles. The van der Waals surface area contributed by atoms with Crippen molar-refractivity contribution < 1.29 is 0 Å². The molecule has 0 saturated carbocycles. The van der Waals surface area contributed by atoms with Crippen LogP contribution in [0.4, 0.5) is 34.4 Å². The first-order valence-electron chi connectivity index (χ1n) is 24.7. The molecule has 0 atom stereocenters. The molecular formula is C66H46N4Si2. The number of aromatic nitrogens is 2. The summed E-state index contributed by atoms with van der Waals surface area (Å²) in [5, 5.41) is 15.1. The number of para-hydroxylation sites is 4. The summed E-state index contributed by atoms with van der Waals surface area (Å²) in [6.07, 6.45) is 0. The first-order chi connectivity index (χ1) is 35.7. The van der Waals surface area contributed by atoms with Gasteiger partial charge in [0, 0.05) is 33.5 Å². The topological polar surface area (TPSA) is 32.3 Å². The molecular weight excluding hydrogens is 905 g/mol. The highest BCUT2D eigenvalue weighted by Gasteiger charge is 2.50. The fourth-order valence-electron chi connectivity index (χ4n) is 12.2. The van der Waals surface area contributed by atoms with Crippen LogP contribution in [0.25, 0.3) is 32.9 Å². The van der Waals surface area contributed by atoms with E-state index in [9.17, 15) is 0 Å². The molecule has 0 radical (unpaired) electrons. The highest BCUT2D eigenvalue weighted by atomic mass is 28.3. The van der Waals surface area contributed by atoms with E-state index >= 15 is 0 Å². The van der Waals surface area contributed by atoms with Crippen LogP contribution in [-0.2, 0) is 0 Å². The standard InChI is InChI=1S/C66H46N4Si2/c1-5-27-49(28-6-1)71(50-29-7-2-8-30-50)61-41-21-17-37-57(61)69(58-38-18-22-42-62(58)71)65-53-35-15-13-25-47(53)45-55(67-65)56-46-48-26-14-16-36-54(48)66(68-56)70-59-39-19-23-43-63(59)72(51-31-9-3-10-32-51,52-33-11-4-12-34-52)64-44-24-20-40-60(64)70/h1-46H. The maximum absolute atomic E-state index is 5.84. The second kappa shape index (κ2) is 16.9. The highest BCUT2D eigenvalue weighted by Crippen LogP contribution is 2.44. The minimum absolute atomic E-state index is 0.807. The summed E-state index contributed by atoms with van der Waals surface area (Å²) in [5.41, 5.74) is 6.18. The fourth-order valence-corrected chi connectivity index (χ4v) is 22.5. The Labute approximate surface area is 421 Å². The zero-order valence-corrected chi connectivity index (χ0v) is 41.3. The molecule has 0 unspecified atom stereocenters. The lowest BCUT2D eigenvalue weighted by molar-refractivity contribution is 1.17. The van der Waals surface area contributed by atoms with Crippen molar-refractivity contribution in [2.24, 2.45) is 0 Å². The highest BCUT2D eigenvalue weighted by molar-refractivity contribution is 7.22. The van der Waals surface area contributed by atoms with Crippen molar-refractivity contribution in [1.82, 2.24) is 9.97 Å². The van der Waals surface area contributed by atoms with Gasteiger partial charge in [-0.25, -0.2) is 9.97 Å². The van der Waals surface area contributed by atoms with Crippen LogP contribution in [0, 0.1) is 0 Å². The molecule has 0 fully saturated rings. The van der Waals surface area contributed by atoms with Crippen LogP contribution in [0.2, 0.25) is 0 Å². The number of benzene rings is 10. The van der Waals surface area contributed by atoms with Gasteiger partial charge in [-0.15, -0.1) is 0 Å². The Morgan fingerprint density at radius 1 is 0.250 bits per heavy atom. The molecule has 2 aromatic heterocycles. The summed E-state index contributed by atoms with van der Waals surface area (Å²) in [6, 6.07) is 103. The lowest BCUT2D eigenvalue weighted by atomic mass is 10.1. The SMILES string of the molecule is c1ccc([Si]2(c3ccccc3)c3ccccc3N(c3nc(-c4cc5ccccc5c(N5c6ccccc6[Si](c6ccccc6)(c6ccccc6)c6ccccc65)n4)cc4ccccc34)c3ccccc32)cc1. The Balaban J connectivity index is 1.01. The van der Waals surface area contributed by atoms with E-state index in [0.717, 1.165) is 67.3 Å². The summed E-state index contributed by atoms with van der Waals surface area (Å²) >= 11 is 0. The summed E-state index contributed by atoms with van der Waals surface area (Å²) in [5.74, 6) is 1.75. The first-order valence-corrected chi connectivity index (χ1v) is 28.7. The molecule has 0 N–H and O–H groups in total. The molecule has 0 bridgehead atoms. The van der Waals surface area contributed by atoms with E-state index in [4.69, 9.17) is 9.97 Å². The van der Waals surface area contributed by atoms with Gasteiger partial charge in [-0.1, -0.05) is 243 Å². The smallest absolute Gasteiger partial charge is 0.184 e. The van der Waals surface area contributed by atoms with Crippen LogP contribution in [0.5, 0.6) is 0 Å². The summed E-state index contributed by atoms with van der Waals surface area (Å²) in [7, 11) is -5.70. The van der Waals surface area contributed by atoms with Gasteiger partial charge in [0.15, 0.2) is 16.1 Å². The van der Waals surface area contributed by atoms with Gasteiger partial charge in [-0.05, 0) is 88.7 Å². The Morgan fingerprint density at radius 3 is 0.806 bits per heavy atom. The average molecular weight is 951 g/mol. The van der Waals surface area contributed by atoms with E-state index < -0.39 is 16.1 Å². The normalized spacial score (nSPS) is 14.0. The molecule has 2 aliphatic rings. The molecule has 0 saturated heterocycles. The van der Waals surface area contributed by atoms with Crippen molar-refractivity contribution in [3.8, 4) is 11.4 Å². The molecule has 6 heteroatoms. The Hall–Kier alpha value is -8.95. The predicted octanol–water partition coefficient (Wildman–Crippen LogP) is 10.8. The van der Waals surface area contributed by atoms with Crippen molar-refractivity contribution in [2.75, 3.05) is 9.80 Å². The van der Waals surface area contributed by atoms with Gasteiger partial charge in [-0.3, -0.25) is 9.80 Å². The van der Waals surface area contributed by atoms with E-state index in [2.05, 4.69) is 289 Å². The van der Waals surface area contributed by atoms with Crippen LogP contribution in [-0.4, -0.2) is 26.1 Å². The number of anilines is 6. The van der Waals surface area contributed by atoms with Gasteiger partial charge in [0.1, 0.15) is 11.6 Å². The number of pyridine rings is 2. The van der Waals surface area contributed by atoms with E-state index in [1.807, 2.05) is 0 Å². The van der Waals surface area contributed by atoms with Gasteiger partial charge < -0.3 is 0 Å². The molecule has 4 nitrogen and oxygen atoms in total. The number of fused-ring (bicyclic) bond motifs is 6. The molecule has 338 valence electrons. The van der Waals surface area contributed by atoms with E-state index in [-0.39, 0.29) is 0 Å². The van der Waals surface area contributed by atoms with Gasteiger partial charge in [-0.2, -0.15) is 0 Å². The average Bonchev–Trinajstić information content (AvgIpc) is 3.47. The number of nitrogens with zero attached hydrogens (tertiary/aromatic N) is 4. The Bertz CT molecular complexity index is 3580. The Kier molecular flexibility index (Phi) is 9.84. The van der Waals surface area contributed by atoms with Crippen LogP contribution in [0.1, 0.15) is 0 Å². The van der Waals surface area contributed by atoms with Crippen LogP contribution >= 0.6 is 0 Å². The van der Waals surface area contributed by atoms with Gasteiger partial charge in [0.2, 0.25) is 0 Å². The molecule has 72 heavy (non-hydrogen) atoms. The molecule has 2 aliphatic heterocycles. The van der Waals surface area contributed by atoms with Crippen LogP contribution in [0.15, 0.2) is 279 Å². The third kappa shape index (κ3) is 6.16. The monoisotopic (exact) mass is 950 g/mol. The third-order valence-corrected chi connectivity index (χ3v) is 24.9. The molecule has 0 spiro atoms. The van der Waals surface area contributed by atoms with E-state index in [0.29, 0.717) is 0 Å². The van der Waals surface area contributed by atoms with Crippen molar-refractivity contribution >= 4 is 114 Å². The maximum Gasteiger partial charge on any atom is 0.184 e. The molecule has 0 amide bonds. The van der Waals surface area contributed by atoms with Crippen molar-refractivity contribution in [3.63, 3.8) is 0 Å². The van der Waals surface area contributed by atoms with Crippen molar-refractivity contribution in [2.45, 2.75) is 0 Å². The molecule has 0 aliphatic carbocycles. The molecule has 14 rings (SSSR count). The second-order valence-electron chi connectivity index (χ2n) is 18.8. The summed E-state index contributed by atoms with van der Waals surface area (Å²) in [6.45, 7) is 0. The van der Waals surface area contributed by atoms with Crippen molar-refractivity contribution in [3.05, 3.63) is 279 Å². The zero-order valence-electron chi connectivity index (χ0n) is 39.3. The molecule has 12 aromatic rings. The fraction of sp³-hybridized carbons (Fsp3) is 0. The number of hydrogen-bond acceptors (Lipinski definition) is 4. The first kappa shape index (κ1) is 42.0. The quantitative estimate of drug-likeness (QED) is 0.149. The lowest BCUT2D eigenvalue weighted by Crippen LogP contribution is -2.77. The minimum Gasteiger partial charge on any atom is -0.295 e. The van der Waals surface area contributed by atoms with E-state index in [1.165, 1.54) is 41.5 Å². The minimum atomic E-state index is -2.85. The zero-order chi connectivity index (χ0) is 47.6. The lowest BCUT2D eigenvalue weighted by Gasteiger charge is -2.45. The van der Waals surface area contributed by atoms with Gasteiger partial charge in [0.25, 0.3) is 0 Å². The molecule has 4 heterocycles. The van der Waals surface area contributed by atoms with Crippen molar-refractivity contribution in [1.29, 1.82) is 0 Å². The summed E-state index contributed by atoms with van der Waals surface area (Å²) < 4.78 is 0. The van der Waals surface area contributed by atoms with Gasteiger partial charge in [0.05, 0.1) is 11.4 Å². The summed E-state index contributed by atoms with van der Waals surface area (Å²) in [4.78, 5) is 16.5. The van der Waals surface area contributed by atoms with Gasteiger partial charge >= 0.3 is 0 Å². The van der Waals surface area contributed by atoms with E-state index in [1.54, 1.807) is 0 Å². The largest absolute Gasteiger partial charge is 0.295 e. The second-order valence-corrected chi connectivity index (χ2v) is 26.3. The number of rotatable bonds is 7.